The Hall–Kier alpha value is -3.60. The maximum absolute atomic E-state index is 13.4. The second kappa shape index (κ2) is 8.50. The molecule has 3 aromatic rings. The highest BCUT2D eigenvalue weighted by molar-refractivity contribution is 6.14. The van der Waals surface area contributed by atoms with Crippen LogP contribution in [0.3, 0.4) is 0 Å². The SMILES string of the molecule is CC(C)=C1C(=O)OCc2ccccc2COC(=O)/C1=C(/C)c1c(C)n(C)c2ccccc12. The zero-order chi connectivity index (χ0) is 23.0. The number of rotatable bonds is 1. The van der Waals surface area contributed by atoms with Gasteiger partial charge in [0.2, 0.25) is 0 Å². The number of carbonyl (C=O) groups excluding carboxylic acids is 2. The van der Waals surface area contributed by atoms with Crippen LogP contribution < -0.4 is 0 Å². The maximum Gasteiger partial charge on any atom is 0.339 e. The van der Waals surface area contributed by atoms with Crippen molar-refractivity contribution < 1.29 is 19.1 Å². The van der Waals surface area contributed by atoms with Gasteiger partial charge >= 0.3 is 11.9 Å². The summed E-state index contributed by atoms with van der Waals surface area (Å²) in [6, 6.07) is 15.5. The fraction of sp³-hybridized carbons (Fsp3) is 0.259. The fourth-order valence-electron chi connectivity index (χ4n) is 4.39. The van der Waals surface area contributed by atoms with Gasteiger partial charge in [0.25, 0.3) is 0 Å². The van der Waals surface area contributed by atoms with Gasteiger partial charge in [-0.25, -0.2) is 9.59 Å². The number of nitrogens with zero attached hydrogens (tertiary/aromatic N) is 1. The molecule has 0 N–H and O–H groups in total. The van der Waals surface area contributed by atoms with Crippen molar-refractivity contribution >= 4 is 28.4 Å². The third-order valence-corrected chi connectivity index (χ3v) is 6.14. The van der Waals surface area contributed by atoms with Crippen LogP contribution in [0.25, 0.3) is 16.5 Å². The summed E-state index contributed by atoms with van der Waals surface area (Å²) in [6.07, 6.45) is 0. The Morgan fingerprint density at radius 3 is 1.94 bits per heavy atom. The van der Waals surface area contributed by atoms with Crippen LogP contribution in [0.5, 0.6) is 0 Å². The van der Waals surface area contributed by atoms with E-state index in [4.69, 9.17) is 9.47 Å². The molecule has 0 atom stereocenters. The summed E-state index contributed by atoms with van der Waals surface area (Å²) >= 11 is 0. The van der Waals surface area contributed by atoms with Gasteiger partial charge in [0.1, 0.15) is 13.2 Å². The van der Waals surface area contributed by atoms with Crippen molar-refractivity contribution in [3.8, 4) is 0 Å². The Bertz CT molecular complexity index is 1300. The first kappa shape index (κ1) is 21.6. The Labute approximate surface area is 187 Å². The molecule has 0 radical (unpaired) electrons. The highest BCUT2D eigenvalue weighted by Gasteiger charge is 2.30. The van der Waals surface area contributed by atoms with Crippen LogP contribution in [0.1, 0.15) is 43.2 Å². The molecular weight excluding hydrogens is 402 g/mol. The van der Waals surface area contributed by atoms with Gasteiger partial charge in [0.05, 0.1) is 11.1 Å². The minimum Gasteiger partial charge on any atom is -0.457 e. The van der Waals surface area contributed by atoms with E-state index in [-0.39, 0.29) is 24.4 Å². The van der Waals surface area contributed by atoms with E-state index in [0.29, 0.717) is 11.1 Å². The number of ether oxygens (including phenoxy) is 2. The van der Waals surface area contributed by atoms with Crippen LogP contribution >= 0.6 is 0 Å². The number of hydrogen-bond acceptors (Lipinski definition) is 4. The first-order chi connectivity index (χ1) is 15.3. The van der Waals surface area contributed by atoms with Gasteiger partial charge in [0.15, 0.2) is 0 Å². The van der Waals surface area contributed by atoms with E-state index < -0.39 is 11.9 Å². The number of benzene rings is 2. The zero-order valence-electron chi connectivity index (χ0n) is 19.1. The Morgan fingerprint density at radius 1 is 0.812 bits per heavy atom. The van der Waals surface area contributed by atoms with E-state index in [2.05, 4.69) is 4.57 Å². The molecule has 0 saturated carbocycles. The molecular formula is C27H27NO4. The molecule has 5 heteroatoms. The molecule has 0 bridgehead atoms. The predicted molar refractivity (Wildman–Crippen MR) is 125 cm³/mol. The molecule has 5 nitrogen and oxygen atoms in total. The fourth-order valence-corrected chi connectivity index (χ4v) is 4.39. The largest absolute Gasteiger partial charge is 0.457 e. The molecule has 1 aromatic heterocycles. The van der Waals surface area contributed by atoms with Crippen LogP contribution in [0.4, 0.5) is 0 Å². The molecule has 2 aromatic carbocycles. The monoisotopic (exact) mass is 429 g/mol. The summed E-state index contributed by atoms with van der Waals surface area (Å²) in [7, 11) is 2.00. The van der Waals surface area contributed by atoms with Crippen molar-refractivity contribution in [1.82, 2.24) is 4.57 Å². The highest BCUT2D eigenvalue weighted by Crippen LogP contribution is 2.36. The summed E-state index contributed by atoms with van der Waals surface area (Å²) in [5.74, 6) is -1.05. The smallest absolute Gasteiger partial charge is 0.339 e. The number of allylic oxidation sites excluding steroid dienone is 2. The van der Waals surface area contributed by atoms with Gasteiger partial charge < -0.3 is 14.0 Å². The van der Waals surface area contributed by atoms with E-state index in [0.717, 1.165) is 33.3 Å². The Balaban J connectivity index is 1.96. The number of aryl methyl sites for hydroxylation is 1. The minimum absolute atomic E-state index is 0.119. The molecule has 0 spiro atoms. The minimum atomic E-state index is -0.528. The van der Waals surface area contributed by atoms with E-state index in [1.807, 2.05) is 83.3 Å². The molecule has 0 amide bonds. The highest BCUT2D eigenvalue weighted by atomic mass is 16.5. The summed E-state index contributed by atoms with van der Waals surface area (Å²) < 4.78 is 13.5. The topological polar surface area (TPSA) is 57.5 Å². The average molecular weight is 430 g/mol. The van der Waals surface area contributed by atoms with Crippen molar-refractivity contribution in [3.05, 3.63) is 87.6 Å². The van der Waals surface area contributed by atoms with Crippen molar-refractivity contribution in [2.75, 3.05) is 0 Å². The van der Waals surface area contributed by atoms with E-state index in [1.165, 1.54) is 0 Å². The number of cyclic esters (lactones) is 2. The molecule has 2 heterocycles. The lowest BCUT2D eigenvalue weighted by Gasteiger charge is -2.20. The van der Waals surface area contributed by atoms with Crippen molar-refractivity contribution in [2.24, 2.45) is 7.05 Å². The van der Waals surface area contributed by atoms with Gasteiger partial charge in [0, 0.05) is 29.2 Å². The van der Waals surface area contributed by atoms with Crippen LogP contribution in [-0.4, -0.2) is 16.5 Å². The number of fused-ring (bicyclic) bond motifs is 2. The summed E-state index contributed by atoms with van der Waals surface area (Å²) in [6.45, 7) is 7.76. The number of hydrogen-bond donors (Lipinski definition) is 0. The maximum atomic E-state index is 13.4. The number of aromatic nitrogens is 1. The van der Waals surface area contributed by atoms with E-state index in [1.54, 1.807) is 0 Å². The Kier molecular flexibility index (Phi) is 5.74. The summed E-state index contributed by atoms with van der Waals surface area (Å²) in [5.41, 5.74) is 6.58. The Morgan fingerprint density at radius 2 is 1.34 bits per heavy atom. The lowest BCUT2D eigenvalue weighted by Crippen LogP contribution is -2.21. The molecule has 164 valence electrons. The second-order valence-electron chi connectivity index (χ2n) is 8.33. The third kappa shape index (κ3) is 3.64. The molecule has 1 aliphatic rings. The van der Waals surface area contributed by atoms with Crippen LogP contribution in [0.2, 0.25) is 0 Å². The first-order valence-electron chi connectivity index (χ1n) is 10.7. The molecule has 0 aliphatic carbocycles. The molecule has 32 heavy (non-hydrogen) atoms. The second-order valence-corrected chi connectivity index (χ2v) is 8.33. The molecule has 4 rings (SSSR count). The van der Waals surface area contributed by atoms with Crippen LogP contribution in [-0.2, 0) is 39.3 Å². The lowest BCUT2D eigenvalue weighted by molar-refractivity contribution is -0.144. The van der Waals surface area contributed by atoms with Gasteiger partial charge in [-0.05, 0) is 50.5 Å². The molecule has 0 unspecified atom stereocenters. The van der Waals surface area contributed by atoms with E-state index >= 15 is 0 Å². The van der Waals surface area contributed by atoms with Crippen molar-refractivity contribution in [1.29, 1.82) is 0 Å². The number of esters is 2. The summed E-state index contributed by atoms with van der Waals surface area (Å²) in [4.78, 5) is 26.6. The molecule has 1 aliphatic heterocycles. The van der Waals surface area contributed by atoms with Crippen LogP contribution in [0.15, 0.2) is 65.3 Å². The average Bonchev–Trinajstić information content (AvgIpc) is 3.04. The standard InChI is InChI=1S/C27H27NO4/c1-16(2)23-25(17(3)24-18(4)28(5)22-13-9-8-12-21(22)24)27(30)32-15-20-11-7-6-10-19(20)14-31-26(23)29/h6-13H,14-15H2,1-5H3/b25-17-. The van der Waals surface area contributed by atoms with Crippen molar-refractivity contribution in [2.45, 2.75) is 40.9 Å². The third-order valence-electron chi connectivity index (χ3n) is 6.14. The molecule has 0 saturated heterocycles. The number of para-hydroxylation sites is 1. The van der Waals surface area contributed by atoms with Gasteiger partial charge in [-0.3, -0.25) is 0 Å². The molecule has 0 fully saturated rings. The first-order valence-corrected chi connectivity index (χ1v) is 10.7. The summed E-state index contributed by atoms with van der Waals surface area (Å²) in [5, 5.41) is 1.02. The van der Waals surface area contributed by atoms with Gasteiger partial charge in [-0.2, -0.15) is 0 Å². The normalized spacial score (nSPS) is 16.3. The zero-order valence-corrected chi connectivity index (χ0v) is 19.1. The predicted octanol–water partition coefficient (Wildman–Crippen LogP) is 5.40. The van der Waals surface area contributed by atoms with Gasteiger partial charge in [-0.15, -0.1) is 0 Å². The lowest BCUT2D eigenvalue weighted by atomic mass is 9.91. The van der Waals surface area contributed by atoms with Crippen LogP contribution in [0, 0.1) is 6.92 Å². The van der Waals surface area contributed by atoms with Crippen molar-refractivity contribution in [3.63, 3.8) is 0 Å². The van der Waals surface area contributed by atoms with E-state index in [9.17, 15) is 9.59 Å². The number of carbonyl (C=O) groups is 2. The van der Waals surface area contributed by atoms with Gasteiger partial charge in [-0.1, -0.05) is 48.0 Å². The quantitative estimate of drug-likeness (QED) is 0.384.